The molecule has 2 unspecified atom stereocenters. The highest BCUT2D eigenvalue weighted by molar-refractivity contribution is 7.47. The van der Waals surface area contributed by atoms with Gasteiger partial charge in [0.05, 0.1) is 77.8 Å². The molecular formula is C41H76N4O19P2. The Bertz CT molecular complexity index is 1540. The minimum absolute atomic E-state index is 0.109. The number of rotatable bonds is 42. The number of hydrogen-bond acceptors (Lipinski definition) is 17. The highest BCUT2D eigenvalue weighted by atomic mass is 31.2. The van der Waals surface area contributed by atoms with Crippen LogP contribution in [0.4, 0.5) is 4.79 Å². The van der Waals surface area contributed by atoms with E-state index in [9.17, 15) is 52.5 Å². The monoisotopic (exact) mass is 990 g/mol. The number of hydrogen-bond donors (Lipinski definition) is 6. The summed E-state index contributed by atoms with van der Waals surface area (Å²) < 4.78 is 66.0. The van der Waals surface area contributed by atoms with E-state index in [1.165, 1.54) is 52.9 Å². The fraction of sp³-hybridized carbons (Fsp3) is 0.829. The van der Waals surface area contributed by atoms with Crippen LogP contribution in [0.2, 0.25) is 0 Å². The fourth-order valence-corrected chi connectivity index (χ4v) is 7.27. The molecule has 23 nitrogen and oxygen atoms in total. The third-order valence-corrected chi connectivity index (χ3v) is 10.9. The summed E-state index contributed by atoms with van der Waals surface area (Å²) in [7, 11) is -9.44. The van der Waals surface area contributed by atoms with Crippen molar-refractivity contribution in [2.75, 3.05) is 65.9 Å². The lowest BCUT2D eigenvalue weighted by molar-refractivity contribution is -0.147. The highest BCUT2D eigenvalue weighted by Crippen LogP contribution is 2.43. The molecule has 0 saturated carbocycles. The maximum absolute atomic E-state index is 12.7. The first-order valence-electron chi connectivity index (χ1n) is 22.5. The Kier molecular flexibility index (Phi) is 35.7. The Morgan fingerprint density at radius 2 is 0.955 bits per heavy atom. The van der Waals surface area contributed by atoms with Gasteiger partial charge in [-0.2, -0.15) is 0 Å². The minimum Gasteiger partial charge on any atom is -0.463 e. The molecule has 0 saturated heterocycles. The van der Waals surface area contributed by atoms with E-state index in [-0.39, 0.29) is 58.1 Å². The number of Topliss-reactive ketones (excluding diaryl/α,β-unsaturated/α-hetero) is 2. The lowest BCUT2D eigenvalue weighted by atomic mass is 10.0. The summed E-state index contributed by atoms with van der Waals surface area (Å²) >= 11 is 0. The molecule has 0 aromatic carbocycles. The first-order valence-corrected chi connectivity index (χ1v) is 25.5. The summed E-state index contributed by atoms with van der Waals surface area (Å²) in [5.41, 5.74) is 0. The average Bonchev–Trinajstić information content (AvgIpc) is 3.20. The van der Waals surface area contributed by atoms with Crippen molar-refractivity contribution in [2.45, 2.75) is 156 Å². The molecule has 0 aliphatic rings. The van der Waals surface area contributed by atoms with Crippen molar-refractivity contribution in [1.29, 1.82) is 0 Å². The summed E-state index contributed by atoms with van der Waals surface area (Å²) in [6, 6.07) is -2.73. The third-order valence-electron chi connectivity index (χ3n) is 8.93. The SMILES string of the molecule is CCCCCCCCCCCC(=O)CC(=O)N[C@H](COCC[C@@H](C)OC(C)=O)COP(=O)(O)OCCNC(=O)NCCOP(=O)(O)OC[C@@H](COCC[C@@H](C)OC(C)=O)NC(=O)CC(C)=O. The summed E-state index contributed by atoms with van der Waals surface area (Å²) in [6.45, 7) is 6.47. The van der Waals surface area contributed by atoms with Gasteiger partial charge in [0, 0.05) is 46.2 Å². The van der Waals surface area contributed by atoms with Crippen molar-refractivity contribution in [3.63, 3.8) is 0 Å². The molecule has 0 aliphatic carbocycles. The average molecular weight is 991 g/mol. The Balaban J connectivity index is 4.81. The van der Waals surface area contributed by atoms with Crippen LogP contribution < -0.4 is 21.3 Å². The molecule has 66 heavy (non-hydrogen) atoms. The van der Waals surface area contributed by atoms with Crippen molar-refractivity contribution < 1.29 is 89.5 Å². The molecule has 4 amide bonds. The van der Waals surface area contributed by atoms with Crippen LogP contribution in [-0.4, -0.2) is 141 Å². The summed E-state index contributed by atoms with van der Waals surface area (Å²) in [4.78, 5) is 104. The zero-order chi connectivity index (χ0) is 49.8. The zero-order valence-electron chi connectivity index (χ0n) is 39.5. The van der Waals surface area contributed by atoms with Gasteiger partial charge in [0.2, 0.25) is 11.8 Å². The predicted octanol–water partition coefficient (Wildman–Crippen LogP) is 4.10. The molecule has 0 rings (SSSR count). The van der Waals surface area contributed by atoms with Gasteiger partial charge in [-0.15, -0.1) is 0 Å². The van der Waals surface area contributed by atoms with Crippen LogP contribution in [0.1, 0.15) is 131 Å². The lowest BCUT2D eigenvalue weighted by Crippen LogP contribution is -2.42. The van der Waals surface area contributed by atoms with Crippen molar-refractivity contribution in [1.82, 2.24) is 21.3 Å². The van der Waals surface area contributed by atoms with Gasteiger partial charge >= 0.3 is 33.6 Å². The molecule has 0 aliphatic heterocycles. The number of urea groups is 1. The maximum atomic E-state index is 12.7. The zero-order valence-corrected chi connectivity index (χ0v) is 41.3. The number of amides is 4. The van der Waals surface area contributed by atoms with Crippen LogP contribution in [-0.2, 0) is 74.9 Å². The van der Waals surface area contributed by atoms with Gasteiger partial charge in [0.25, 0.3) is 0 Å². The van der Waals surface area contributed by atoms with Gasteiger partial charge in [0.15, 0.2) is 0 Å². The quantitative estimate of drug-likeness (QED) is 0.0217. The van der Waals surface area contributed by atoms with Crippen molar-refractivity contribution in [2.24, 2.45) is 0 Å². The van der Waals surface area contributed by atoms with E-state index in [0.717, 1.165) is 19.3 Å². The summed E-state index contributed by atoms with van der Waals surface area (Å²) in [5.74, 6) is -2.86. The first-order chi connectivity index (χ1) is 31.1. The van der Waals surface area contributed by atoms with E-state index in [2.05, 4.69) is 28.2 Å². The molecule has 0 heterocycles. The Morgan fingerprint density at radius 3 is 1.36 bits per heavy atom. The van der Waals surface area contributed by atoms with Gasteiger partial charge in [-0.25, -0.2) is 13.9 Å². The second-order valence-corrected chi connectivity index (χ2v) is 18.6. The Hall–Kier alpha value is -3.37. The van der Waals surface area contributed by atoms with Crippen LogP contribution in [0.3, 0.4) is 0 Å². The largest absolute Gasteiger partial charge is 0.472 e. The molecule has 384 valence electrons. The summed E-state index contributed by atoms with van der Waals surface area (Å²) in [5, 5.41) is 9.73. The molecule has 0 fully saturated rings. The topological polar surface area (TPSA) is 316 Å². The molecule has 0 aromatic heterocycles. The predicted molar refractivity (Wildman–Crippen MR) is 239 cm³/mol. The number of carbonyl (C=O) groups excluding carboxylic acids is 7. The number of ether oxygens (including phenoxy) is 4. The van der Waals surface area contributed by atoms with Gasteiger partial charge in [0.1, 0.15) is 23.8 Å². The van der Waals surface area contributed by atoms with E-state index < -0.39 is 108 Å². The number of carbonyl (C=O) groups is 7. The highest BCUT2D eigenvalue weighted by Gasteiger charge is 2.27. The van der Waals surface area contributed by atoms with Crippen LogP contribution in [0.5, 0.6) is 0 Å². The summed E-state index contributed by atoms with van der Waals surface area (Å²) in [6.07, 6.45) is 8.94. The van der Waals surface area contributed by atoms with Crippen LogP contribution in [0, 0.1) is 0 Å². The first kappa shape index (κ1) is 62.6. The molecule has 6 atom stereocenters. The lowest BCUT2D eigenvalue weighted by Gasteiger charge is -2.21. The van der Waals surface area contributed by atoms with Crippen LogP contribution in [0.25, 0.3) is 0 Å². The van der Waals surface area contributed by atoms with Gasteiger partial charge in [-0.1, -0.05) is 58.3 Å². The van der Waals surface area contributed by atoms with Gasteiger partial charge < -0.3 is 50.0 Å². The standard InChI is InChI=1S/C41H76N4O19P2/c1-7-8-9-10-11-12-13-14-15-16-38(49)26-40(51)45-37(28-58-22-18-33(4)64-35(6)48)30-62-66(55,56)60-24-20-43-41(52)42-19-23-59-65(53,54)61-29-36(44-39(50)25-31(2)46)27-57-21-17-32(3)63-34(5)47/h32-33,36-37H,7-30H2,1-6H3,(H,44,50)(H,45,51)(H,53,54)(H,55,56)(H2,42,43,52)/t32-,33-,36-,37-/m1/s1. The van der Waals surface area contributed by atoms with Crippen LogP contribution in [0.15, 0.2) is 0 Å². The second-order valence-electron chi connectivity index (χ2n) is 15.6. The molecule has 6 N–H and O–H groups in total. The normalized spacial score (nSPS) is 14.9. The maximum Gasteiger partial charge on any atom is 0.472 e. The molecule has 0 spiro atoms. The van der Waals surface area contributed by atoms with Crippen molar-refractivity contribution >= 4 is 57.0 Å². The van der Waals surface area contributed by atoms with Gasteiger partial charge in [-0.3, -0.25) is 46.9 Å². The Labute approximate surface area is 388 Å². The number of ketones is 2. The van der Waals surface area contributed by atoms with E-state index >= 15 is 0 Å². The van der Waals surface area contributed by atoms with E-state index in [4.69, 9.17) is 37.0 Å². The smallest absolute Gasteiger partial charge is 0.463 e. The van der Waals surface area contributed by atoms with E-state index in [1.807, 2.05) is 0 Å². The molecule has 0 bridgehead atoms. The van der Waals surface area contributed by atoms with Crippen molar-refractivity contribution in [3.05, 3.63) is 0 Å². The second kappa shape index (κ2) is 37.6. The molecular weight excluding hydrogens is 914 g/mol. The molecule has 0 radical (unpaired) electrons. The van der Waals surface area contributed by atoms with Crippen molar-refractivity contribution in [3.8, 4) is 0 Å². The van der Waals surface area contributed by atoms with Gasteiger partial charge in [-0.05, 0) is 27.2 Å². The Morgan fingerprint density at radius 1 is 0.545 bits per heavy atom. The van der Waals surface area contributed by atoms with E-state index in [0.29, 0.717) is 19.3 Å². The molecule has 0 aromatic rings. The third kappa shape index (κ3) is 39.8. The number of phosphoric acid groups is 2. The molecule has 25 heteroatoms. The minimum atomic E-state index is -4.73. The fourth-order valence-electron chi connectivity index (χ4n) is 5.74. The number of unbranched alkanes of at least 4 members (excludes halogenated alkanes) is 8. The van der Waals surface area contributed by atoms with E-state index in [1.54, 1.807) is 13.8 Å². The number of phosphoric ester groups is 2. The van der Waals surface area contributed by atoms with Crippen LogP contribution >= 0.6 is 15.6 Å². The number of esters is 2. The number of nitrogens with one attached hydrogen (secondary N) is 4.